The maximum Gasteiger partial charge on any atom is 0.178 e. The van der Waals surface area contributed by atoms with Crippen molar-refractivity contribution < 1.29 is 14.4 Å². The Morgan fingerprint density at radius 1 is 0.966 bits per heavy atom. The first kappa shape index (κ1) is 19.4. The summed E-state index contributed by atoms with van der Waals surface area (Å²) in [6.45, 7) is 2.06. The molecule has 4 aromatic rings. The molecule has 0 saturated heterocycles. The molecular formula is C23H17Cl2NO3. The Morgan fingerprint density at radius 3 is 2.38 bits per heavy atom. The molecule has 3 aromatic carbocycles. The second-order valence-corrected chi connectivity index (χ2v) is 7.32. The SMILES string of the molecule is Cc1noc(-c2ccc(OCc3c(Cl)cccc3Cl)cc2O)c1-c1ccccc1. The molecule has 0 saturated carbocycles. The van der Waals surface area contributed by atoms with E-state index in [1.165, 1.54) is 6.07 Å². The monoisotopic (exact) mass is 425 g/mol. The summed E-state index contributed by atoms with van der Waals surface area (Å²) in [6, 6.07) is 20.1. The highest BCUT2D eigenvalue weighted by Gasteiger charge is 2.20. The van der Waals surface area contributed by atoms with Gasteiger partial charge in [-0.1, -0.05) is 64.8 Å². The van der Waals surface area contributed by atoms with Crippen LogP contribution in [0.2, 0.25) is 10.0 Å². The Labute approximate surface area is 178 Å². The van der Waals surface area contributed by atoms with Crippen LogP contribution in [0.5, 0.6) is 11.5 Å². The predicted molar refractivity (Wildman–Crippen MR) is 115 cm³/mol. The number of phenols is 1. The van der Waals surface area contributed by atoms with Crippen LogP contribution in [0.15, 0.2) is 71.3 Å². The third kappa shape index (κ3) is 3.95. The fourth-order valence-electron chi connectivity index (χ4n) is 3.12. The van der Waals surface area contributed by atoms with Crippen molar-refractivity contribution in [2.24, 2.45) is 0 Å². The van der Waals surface area contributed by atoms with Crippen molar-refractivity contribution in [3.8, 4) is 33.9 Å². The minimum Gasteiger partial charge on any atom is -0.507 e. The van der Waals surface area contributed by atoms with Crippen LogP contribution >= 0.6 is 23.2 Å². The first-order chi connectivity index (χ1) is 14.0. The topological polar surface area (TPSA) is 55.5 Å². The van der Waals surface area contributed by atoms with Crippen LogP contribution in [-0.4, -0.2) is 10.3 Å². The first-order valence-corrected chi connectivity index (χ1v) is 9.71. The van der Waals surface area contributed by atoms with Crippen LogP contribution < -0.4 is 4.74 Å². The zero-order chi connectivity index (χ0) is 20.4. The molecule has 1 N–H and O–H groups in total. The molecule has 0 amide bonds. The summed E-state index contributed by atoms with van der Waals surface area (Å²) in [5, 5.41) is 15.8. The first-order valence-electron chi connectivity index (χ1n) is 8.95. The molecule has 4 nitrogen and oxygen atoms in total. The Hall–Kier alpha value is -2.95. The van der Waals surface area contributed by atoms with Crippen LogP contribution in [0, 0.1) is 6.92 Å². The maximum absolute atomic E-state index is 10.6. The molecule has 0 radical (unpaired) electrons. The van der Waals surface area contributed by atoms with Crippen molar-refractivity contribution in [3.63, 3.8) is 0 Å². The van der Waals surface area contributed by atoms with Crippen LogP contribution in [0.1, 0.15) is 11.3 Å². The van der Waals surface area contributed by atoms with Crippen LogP contribution in [0.3, 0.4) is 0 Å². The molecule has 0 aliphatic carbocycles. The van der Waals surface area contributed by atoms with E-state index in [2.05, 4.69) is 5.16 Å². The number of aromatic nitrogens is 1. The third-order valence-electron chi connectivity index (χ3n) is 4.58. The Kier molecular flexibility index (Phi) is 5.47. The van der Waals surface area contributed by atoms with E-state index < -0.39 is 0 Å². The van der Waals surface area contributed by atoms with Gasteiger partial charge in [0.15, 0.2) is 5.76 Å². The Morgan fingerprint density at radius 2 is 1.69 bits per heavy atom. The number of nitrogens with zero attached hydrogens (tertiary/aromatic N) is 1. The number of aromatic hydroxyl groups is 1. The highest BCUT2D eigenvalue weighted by Crippen LogP contribution is 2.40. The number of ether oxygens (including phenoxy) is 1. The van der Waals surface area contributed by atoms with E-state index in [1.54, 1.807) is 30.3 Å². The number of benzene rings is 3. The second kappa shape index (κ2) is 8.19. The molecule has 4 rings (SSSR count). The molecule has 6 heteroatoms. The molecule has 0 bridgehead atoms. The third-order valence-corrected chi connectivity index (χ3v) is 5.29. The fraction of sp³-hybridized carbons (Fsp3) is 0.0870. The normalized spacial score (nSPS) is 10.9. The van der Waals surface area contributed by atoms with Crippen molar-refractivity contribution in [3.05, 3.63) is 88.0 Å². The molecule has 146 valence electrons. The van der Waals surface area contributed by atoms with Crippen molar-refractivity contribution in [1.82, 2.24) is 5.16 Å². The number of aryl methyl sites for hydroxylation is 1. The van der Waals surface area contributed by atoms with Gasteiger partial charge in [0, 0.05) is 21.7 Å². The van der Waals surface area contributed by atoms with Gasteiger partial charge in [-0.15, -0.1) is 0 Å². The second-order valence-electron chi connectivity index (χ2n) is 6.51. The average Bonchev–Trinajstić information content (AvgIpc) is 3.09. The quantitative estimate of drug-likeness (QED) is 0.377. The van der Waals surface area contributed by atoms with E-state index in [-0.39, 0.29) is 12.4 Å². The Balaban J connectivity index is 1.62. The van der Waals surface area contributed by atoms with Crippen molar-refractivity contribution >= 4 is 23.2 Å². The number of rotatable bonds is 5. The molecule has 0 aliphatic rings. The lowest BCUT2D eigenvalue weighted by Crippen LogP contribution is -1.97. The van der Waals surface area contributed by atoms with Gasteiger partial charge < -0.3 is 14.4 Å². The van der Waals surface area contributed by atoms with Gasteiger partial charge in [0.25, 0.3) is 0 Å². The molecule has 1 heterocycles. The lowest BCUT2D eigenvalue weighted by Gasteiger charge is -2.11. The highest BCUT2D eigenvalue weighted by molar-refractivity contribution is 6.35. The summed E-state index contributed by atoms with van der Waals surface area (Å²) < 4.78 is 11.3. The van der Waals surface area contributed by atoms with Gasteiger partial charge in [-0.25, -0.2) is 0 Å². The van der Waals surface area contributed by atoms with Crippen LogP contribution in [0.25, 0.3) is 22.5 Å². The zero-order valence-electron chi connectivity index (χ0n) is 15.5. The Bertz CT molecular complexity index is 1140. The van der Waals surface area contributed by atoms with Crippen molar-refractivity contribution in [1.29, 1.82) is 0 Å². The summed E-state index contributed by atoms with van der Waals surface area (Å²) in [7, 11) is 0. The van der Waals surface area contributed by atoms with E-state index in [9.17, 15) is 5.11 Å². The van der Waals surface area contributed by atoms with Crippen molar-refractivity contribution in [2.45, 2.75) is 13.5 Å². The van der Waals surface area contributed by atoms with Gasteiger partial charge in [-0.05, 0) is 36.8 Å². The number of phenolic OH excluding ortho intramolecular Hbond substituents is 1. The smallest absolute Gasteiger partial charge is 0.178 e. The van der Waals surface area contributed by atoms with Gasteiger partial charge in [0.05, 0.1) is 16.8 Å². The number of hydrogen-bond donors (Lipinski definition) is 1. The maximum atomic E-state index is 10.6. The van der Waals surface area contributed by atoms with Gasteiger partial charge in [-0.2, -0.15) is 0 Å². The van der Waals surface area contributed by atoms with Gasteiger partial charge in [-0.3, -0.25) is 0 Å². The summed E-state index contributed by atoms with van der Waals surface area (Å²) >= 11 is 12.4. The summed E-state index contributed by atoms with van der Waals surface area (Å²) in [6.07, 6.45) is 0. The average molecular weight is 426 g/mol. The minimum atomic E-state index is 0.0288. The van der Waals surface area contributed by atoms with E-state index in [0.717, 1.165) is 16.8 Å². The van der Waals surface area contributed by atoms with E-state index >= 15 is 0 Å². The minimum absolute atomic E-state index is 0.0288. The van der Waals surface area contributed by atoms with Gasteiger partial charge >= 0.3 is 0 Å². The molecule has 0 unspecified atom stereocenters. The lowest BCUT2D eigenvalue weighted by atomic mass is 9.99. The van der Waals surface area contributed by atoms with Crippen molar-refractivity contribution in [2.75, 3.05) is 0 Å². The highest BCUT2D eigenvalue weighted by atomic mass is 35.5. The van der Waals surface area contributed by atoms with E-state index in [1.807, 2.05) is 37.3 Å². The summed E-state index contributed by atoms with van der Waals surface area (Å²) in [5.41, 5.74) is 3.79. The molecular weight excluding hydrogens is 409 g/mol. The van der Waals surface area contributed by atoms with Crippen LogP contribution in [-0.2, 0) is 6.61 Å². The molecule has 29 heavy (non-hydrogen) atoms. The standard InChI is InChI=1S/C23H17Cl2NO3/c1-14-22(15-6-3-2-4-7-15)23(29-26-14)17-11-10-16(12-21(17)27)28-13-18-19(24)8-5-9-20(18)25/h2-12,27H,13H2,1H3. The number of halogens is 2. The molecule has 0 spiro atoms. The summed E-state index contributed by atoms with van der Waals surface area (Å²) in [5.74, 6) is 1.02. The van der Waals surface area contributed by atoms with Gasteiger partial charge in [0.2, 0.25) is 0 Å². The predicted octanol–water partition coefficient (Wildman–Crippen LogP) is 6.91. The number of hydrogen-bond acceptors (Lipinski definition) is 4. The van der Waals surface area contributed by atoms with Crippen LogP contribution in [0.4, 0.5) is 0 Å². The largest absolute Gasteiger partial charge is 0.507 e. The molecule has 0 atom stereocenters. The summed E-state index contributed by atoms with van der Waals surface area (Å²) in [4.78, 5) is 0. The van der Waals surface area contributed by atoms with E-state index in [0.29, 0.717) is 32.7 Å². The van der Waals surface area contributed by atoms with E-state index in [4.69, 9.17) is 32.5 Å². The molecule has 0 aliphatic heterocycles. The fourth-order valence-corrected chi connectivity index (χ4v) is 3.62. The molecule has 1 aromatic heterocycles. The van der Waals surface area contributed by atoms with Gasteiger partial charge in [0.1, 0.15) is 18.1 Å². The molecule has 0 fully saturated rings. The lowest BCUT2D eigenvalue weighted by molar-refractivity contribution is 0.304. The zero-order valence-corrected chi connectivity index (χ0v) is 17.0.